The van der Waals surface area contributed by atoms with Crippen molar-refractivity contribution in [3.8, 4) is 11.5 Å². The molecule has 1 amide bonds. The minimum atomic E-state index is 0.0296. The van der Waals surface area contributed by atoms with Gasteiger partial charge in [0.15, 0.2) is 0 Å². The molecule has 2 aliphatic rings. The van der Waals surface area contributed by atoms with Crippen molar-refractivity contribution in [2.24, 2.45) is 0 Å². The smallest absolute Gasteiger partial charge is 0.254 e. The van der Waals surface area contributed by atoms with Crippen molar-refractivity contribution in [3.05, 3.63) is 41.5 Å². The molecule has 28 heavy (non-hydrogen) atoms. The van der Waals surface area contributed by atoms with Gasteiger partial charge in [-0.3, -0.25) is 4.79 Å². The van der Waals surface area contributed by atoms with Gasteiger partial charge in [0.1, 0.15) is 11.5 Å². The molecule has 0 aromatic heterocycles. The van der Waals surface area contributed by atoms with Crippen molar-refractivity contribution in [1.29, 1.82) is 0 Å². The molecule has 0 spiro atoms. The first kappa shape index (κ1) is 18.4. The monoisotopic (exact) mass is 382 g/mol. The zero-order valence-electron chi connectivity index (χ0n) is 16.3. The number of carbonyl (C=O) groups excluding carboxylic acids is 1. The number of anilines is 3. The van der Waals surface area contributed by atoms with E-state index in [1.165, 1.54) is 6.07 Å². The third-order valence-corrected chi connectivity index (χ3v) is 5.60. The van der Waals surface area contributed by atoms with E-state index >= 15 is 0 Å². The normalized spacial score (nSPS) is 16.8. The summed E-state index contributed by atoms with van der Waals surface area (Å²) in [7, 11) is 2.07. The summed E-state index contributed by atoms with van der Waals surface area (Å²) in [5.41, 5.74) is 3.85. The molecule has 0 atom stereocenters. The molecule has 2 heterocycles. The van der Waals surface area contributed by atoms with Gasteiger partial charge in [-0.25, -0.2) is 0 Å². The molecule has 2 aromatic carbocycles. The summed E-state index contributed by atoms with van der Waals surface area (Å²) in [6.07, 6.45) is 0.672. The summed E-state index contributed by atoms with van der Waals surface area (Å²) in [5, 5.41) is 23.6. The summed E-state index contributed by atoms with van der Waals surface area (Å²) in [5.74, 6) is 0.183. The minimum absolute atomic E-state index is 0.0296. The van der Waals surface area contributed by atoms with Gasteiger partial charge < -0.3 is 30.2 Å². The predicted molar refractivity (Wildman–Crippen MR) is 110 cm³/mol. The molecule has 2 aromatic rings. The second kappa shape index (κ2) is 7.24. The summed E-state index contributed by atoms with van der Waals surface area (Å²) in [6.45, 7) is 5.72. The topological polar surface area (TPSA) is 79.3 Å². The number of amides is 1. The minimum Gasteiger partial charge on any atom is -0.508 e. The number of aromatic hydroxyl groups is 2. The van der Waals surface area contributed by atoms with Gasteiger partial charge in [-0.2, -0.15) is 0 Å². The third kappa shape index (κ3) is 3.22. The van der Waals surface area contributed by atoms with Crippen LogP contribution in [0.25, 0.3) is 0 Å². The van der Waals surface area contributed by atoms with Crippen LogP contribution in [0.15, 0.2) is 30.3 Å². The zero-order valence-corrected chi connectivity index (χ0v) is 16.3. The van der Waals surface area contributed by atoms with E-state index in [1.54, 1.807) is 0 Å². The van der Waals surface area contributed by atoms with Crippen molar-refractivity contribution in [2.75, 3.05) is 50.1 Å². The Kier molecular flexibility index (Phi) is 4.77. The van der Waals surface area contributed by atoms with E-state index < -0.39 is 0 Å². The molecule has 7 nitrogen and oxygen atoms in total. The lowest BCUT2D eigenvalue weighted by Gasteiger charge is -2.32. The van der Waals surface area contributed by atoms with Gasteiger partial charge in [0.05, 0.1) is 23.7 Å². The molecule has 0 bridgehead atoms. The fraction of sp³-hybridized carbons (Fsp3) is 0.381. The summed E-state index contributed by atoms with van der Waals surface area (Å²) >= 11 is 0. The maximum Gasteiger partial charge on any atom is 0.254 e. The lowest BCUT2D eigenvalue weighted by atomic mass is 10.1. The molecule has 0 unspecified atom stereocenters. The maximum absolute atomic E-state index is 12.8. The van der Waals surface area contributed by atoms with Crippen molar-refractivity contribution in [3.63, 3.8) is 0 Å². The number of phenolic OH excluding ortho intramolecular Hbond substituents is 2. The Balaban J connectivity index is 1.60. The van der Waals surface area contributed by atoms with Crippen molar-refractivity contribution in [1.82, 2.24) is 9.80 Å². The Morgan fingerprint density at radius 2 is 1.79 bits per heavy atom. The number of rotatable bonds is 3. The average molecular weight is 382 g/mol. The molecular weight excluding hydrogens is 356 g/mol. The molecule has 4 rings (SSSR count). The Labute approximate surface area is 164 Å². The van der Waals surface area contributed by atoms with Crippen LogP contribution in [0.5, 0.6) is 11.5 Å². The second-order valence-corrected chi connectivity index (χ2v) is 7.41. The van der Waals surface area contributed by atoms with Crippen LogP contribution in [0.3, 0.4) is 0 Å². The molecule has 0 saturated carbocycles. The quantitative estimate of drug-likeness (QED) is 0.757. The van der Waals surface area contributed by atoms with Crippen molar-refractivity contribution < 1.29 is 15.0 Å². The van der Waals surface area contributed by atoms with E-state index in [1.807, 2.05) is 41.0 Å². The first-order chi connectivity index (χ1) is 13.5. The number of likely N-dealkylation sites (N-methyl/N-ethyl adjacent to an activating group) is 1. The number of carbonyl (C=O) groups is 1. The third-order valence-electron chi connectivity index (χ3n) is 5.60. The summed E-state index contributed by atoms with van der Waals surface area (Å²) < 4.78 is 0. The fourth-order valence-corrected chi connectivity index (χ4v) is 3.81. The lowest BCUT2D eigenvalue weighted by Crippen LogP contribution is -2.47. The second-order valence-electron chi connectivity index (χ2n) is 7.41. The number of piperazine rings is 1. The highest BCUT2D eigenvalue weighted by atomic mass is 16.3. The van der Waals surface area contributed by atoms with Gasteiger partial charge in [0, 0.05) is 37.8 Å². The molecule has 148 valence electrons. The fourth-order valence-electron chi connectivity index (χ4n) is 3.81. The highest BCUT2D eigenvalue weighted by Gasteiger charge is 2.26. The van der Waals surface area contributed by atoms with Crippen LogP contribution in [-0.4, -0.2) is 65.8 Å². The van der Waals surface area contributed by atoms with Crippen LogP contribution in [0, 0.1) is 0 Å². The number of benzene rings is 2. The number of aryl methyl sites for hydroxylation is 1. The molecule has 0 aliphatic carbocycles. The Hall–Kier alpha value is -2.93. The lowest BCUT2D eigenvalue weighted by molar-refractivity contribution is 0.0664. The number of nitrogens with one attached hydrogen (secondary N) is 1. The number of hydrogen-bond donors (Lipinski definition) is 3. The van der Waals surface area contributed by atoms with Gasteiger partial charge in [-0.05, 0) is 43.3 Å². The summed E-state index contributed by atoms with van der Waals surface area (Å²) in [4.78, 5) is 18.9. The molecular formula is C21H26N4O3. The summed E-state index contributed by atoms with van der Waals surface area (Å²) in [6, 6.07) is 8.84. The average Bonchev–Trinajstić information content (AvgIpc) is 3.11. The molecule has 2 aliphatic heterocycles. The predicted octanol–water partition coefficient (Wildman–Crippen LogP) is 2.57. The number of phenols is 2. The van der Waals surface area contributed by atoms with Crippen molar-refractivity contribution in [2.45, 2.75) is 13.3 Å². The van der Waals surface area contributed by atoms with E-state index in [4.69, 9.17) is 0 Å². The van der Waals surface area contributed by atoms with E-state index in [9.17, 15) is 15.0 Å². The van der Waals surface area contributed by atoms with E-state index in [-0.39, 0.29) is 17.4 Å². The standard InChI is InChI=1S/C21H26N4O3/c1-3-14-11-18(20(27)12-19(14)26)25-13-22-16-10-15(4-5-17(16)25)21(28)24-8-6-23(2)7-9-24/h4-5,10-12,22,26-27H,3,6-9,13H2,1-2H3. The Morgan fingerprint density at radius 3 is 2.50 bits per heavy atom. The van der Waals surface area contributed by atoms with Crippen LogP contribution in [0.1, 0.15) is 22.8 Å². The number of hydrogen-bond acceptors (Lipinski definition) is 6. The van der Waals surface area contributed by atoms with E-state index in [0.29, 0.717) is 24.3 Å². The number of nitrogens with zero attached hydrogens (tertiary/aromatic N) is 3. The molecule has 7 heteroatoms. The van der Waals surface area contributed by atoms with Gasteiger partial charge >= 0.3 is 0 Å². The van der Waals surface area contributed by atoms with Crippen LogP contribution >= 0.6 is 0 Å². The highest BCUT2D eigenvalue weighted by Crippen LogP contribution is 2.43. The van der Waals surface area contributed by atoms with E-state index in [0.717, 1.165) is 43.1 Å². The largest absolute Gasteiger partial charge is 0.508 e. The van der Waals surface area contributed by atoms with Gasteiger partial charge in [-0.15, -0.1) is 0 Å². The van der Waals surface area contributed by atoms with Crippen LogP contribution in [0.2, 0.25) is 0 Å². The molecule has 0 radical (unpaired) electrons. The van der Waals surface area contributed by atoms with Gasteiger partial charge in [0.2, 0.25) is 0 Å². The Bertz CT molecular complexity index is 907. The van der Waals surface area contributed by atoms with Crippen LogP contribution in [-0.2, 0) is 6.42 Å². The van der Waals surface area contributed by atoms with Gasteiger partial charge in [0.25, 0.3) is 5.91 Å². The van der Waals surface area contributed by atoms with Crippen molar-refractivity contribution >= 4 is 23.0 Å². The Morgan fingerprint density at radius 1 is 1.04 bits per heavy atom. The van der Waals surface area contributed by atoms with Crippen LogP contribution < -0.4 is 10.2 Å². The SMILES string of the molecule is CCc1cc(N2CNc3cc(C(=O)N4CCN(C)CC4)ccc32)c(O)cc1O. The van der Waals surface area contributed by atoms with Gasteiger partial charge in [-0.1, -0.05) is 6.92 Å². The maximum atomic E-state index is 12.8. The zero-order chi connectivity index (χ0) is 19.8. The molecule has 1 fully saturated rings. The highest BCUT2D eigenvalue weighted by molar-refractivity contribution is 5.97. The number of fused-ring (bicyclic) bond motifs is 1. The molecule has 1 saturated heterocycles. The van der Waals surface area contributed by atoms with Crippen LogP contribution in [0.4, 0.5) is 17.1 Å². The first-order valence-corrected chi connectivity index (χ1v) is 9.66. The first-order valence-electron chi connectivity index (χ1n) is 9.66. The molecule has 3 N–H and O–H groups in total. The van der Waals surface area contributed by atoms with E-state index in [2.05, 4.69) is 17.3 Å².